The van der Waals surface area contributed by atoms with Crippen LogP contribution < -0.4 is 0 Å². The molecule has 0 aromatic heterocycles. The summed E-state index contributed by atoms with van der Waals surface area (Å²) in [6.07, 6.45) is 4.15. The maximum Gasteiger partial charge on any atom is 0.253 e. The highest BCUT2D eigenvalue weighted by Crippen LogP contribution is 2.42. The number of carbonyl (C=O) groups excluding carboxylic acids is 1. The van der Waals surface area contributed by atoms with E-state index in [2.05, 4.69) is 4.90 Å². The van der Waals surface area contributed by atoms with Gasteiger partial charge in [0, 0.05) is 38.3 Å². The van der Waals surface area contributed by atoms with Gasteiger partial charge in [0.25, 0.3) is 5.91 Å². The van der Waals surface area contributed by atoms with Crippen LogP contribution in [0.1, 0.15) is 36.0 Å². The minimum absolute atomic E-state index is 0.150. The first-order valence-corrected chi connectivity index (χ1v) is 9.50. The van der Waals surface area contributed by atoms with Crippen molar-refractivity contribution in [1.82, 2.24) is 9.80 Å². The van der Waals surface area contributed by atoms with Crippen LogP contribution >= 0.6 is 0 Å². The molecule has 25 heavy (non-hydrogen) atoms. The van der Waals surface area contributed by atoms with Gasteiger partial charge in [-0.2, -0.15) is 0 Å². The highest BCUT2D eigenvalue weighted by Gasteiger charge is 2.43. The second-order valence-corrected chi connectivity index (χ2v) is 8.00. The fourth-order valence-corrected chi connectivity index (χ4v) is 4.57. The van der Waals surface area contributed by atoms with E-state index in [4.69, 9.17) is 4.74 Å². The van der Waals surface area contributed by atoms with Crippen LogP contribution in [0, 0.1) is 5.41 Å². The van der Waals surface area contributed by atoms with Gasteiger partial charge in [0.05, 0.1) is 18.8 Å². The van der Waals surface area contributed by atoms with Crippen molar-refractivity contribution in [2.24, 2.45) is 5.41 Å². The van der Waals surface area contributed by atoms with Gasteiger partial charge in [-0.3, -0.25) is 9.69 Å². The number of rotatable bonds is 3. The molecule has 3 aliphatic rings. The van der Waals surface area contributed by atoms with Crippen LogP contribution in [0.2, 0.25) is 0 Å². The lowest BCUT2D eigenvalue weighted by Crippen LogP contribution is -2.43. The number of aliphatic hydroxyl groups excluding tert-OH is 1. The van der Waals surface area contributed by atoms with Gasteiger partial charge < -0.3 is 14.7 Å². The predicted octanol–water partition coefficient (Wildman–Crippen LogP) is 1.76. The van der Waals surface area contributed by atoms with E-state index in [1.54, 1.807) is 0 Å². The van der Waals surface area contributed by atoms with Crippen LogP contribution in [-0.4, -0.2) is 72.4 Å². The molecule has 1 aromatic carbocycles. The Labute approximate surface area is 149 Å². The molecule has 2 atom stereocenters. The van der Waals surface area contributed by atoms with Crippen molar-refractivity contribution in [2.45, 2.75) is 37.9 Å². The third-order valence-electron chi connectivity index (χ3n) is 6.13. The summed E-state index contributed by atoms with van der Waals surface area (Å²) in [5.41, 5.74) is 1.03. The zero-order valence-corrected chi connectivity index (χ0v) is 14.8. The second kappa shape index (κ2) is 7.06. The Bertz CT molecular complexity index is 598. The number of hydrogen-bond acceptors (Lipinski definition) is 4. The van der Waals surface area contributed by atoms with Gasteiger partial charge in [-0.25, -0.2) is 0 Å². The zero-order valence-electron chi connectivity index (χ0n) is 14.8. The number of ether oxygens (including phenoxy) is 1. The summed E-state index contributed by atoms with van der Waals surface area (Å²) in [7, 11) is 0. The molecule has 0 bridgehead atoms. The molecular formula is C20H28N2O3. The third-order valence-corrected chi connectivity index (χ3v) is 6.13. The summed E-state index contributed by atoms with van der Waals surface area (Å²) in [4.78, 5) is 16.9. The van der Waals surface area contributed by atoms with Crippen molar-refractivity contribution in [2.75, 3.05) is 39.3 Å². The Morgan fingerprint density at radius 3 is 2.64 bits per heavy atom. The zero-order chi connectivity index (χ0) is 17.3. The van der Waals surface area contributed by atoms with Crippen LogP contribution in [0.5, 0.6) is 0 Å². The van der Waals surface area contributed by atoms with Gasteiger partial charge in [-0.15, -0.1) is 0 Å². The molecule has 3 saturated heterocycles. The van der Waals surface area contributed by atoms with E-state index < -0.39 is 0 Å². The Balaban J connectivity index is 1.29. The number of β-amino-alcohol motifs (C(OH)–C–C–N with tert-alkyl or cyclic N) is 1. The Morgan fingerprint density at radius 1 is 1.20 bits per heavy atom. The van der Waals surface area contributed by atoms with Gasteiger partial charge in [0.1, 0.15) is 0 Å². The molecule has 0 aliphatic carbocycles. The lowest BCUT2D eigenvalue weighted by molar-refractivity contribution is 0.0451. The van der Waals surface area contributed by atoms with Crippen LogP contribution in [0.15, 0.2) is 30.3 Å². The molecule has 1 N–H and O–H groups in total. The van der Waals surface area contributed by atoms with Crippen LogP contribution in [0.3, 0.4) is 0 Å². The number of aliphatic hydroxyl groups is 1. The first-order valence-electron chi connectivity index (χ1n) is 9.50. The fourth-order valence-electron chi connectivity index (χ4n) is 4.57. The van der Waals surface area contributed by atoms with Gasteiger partial charge in [-0.05, 0) is 43.2 Å². The quantitative estimate of drug-likeness (QED) is 0.908. The number of benzene rings is 1. The fraction of sp³-hybridized carbons (Fsp3) is 0.650. The number of likely N-dealkylation sites (tertiary alicyclic amines) is 2. The number of hydrogen-bond donors (Lipinski definition) is 1. The summed E-state index contributed by atoms with van der Waals surface area (Å²) >= 11 is 0. The predicted molar refractivity (Wildman–Crippen MR) is 95.4 cm³/mol. The summed E-state index contributed by atoms with van der Waals surface area (Å²) in [6.45, 7) is 5.17. The maximum atomic E-state index is 12.6. The van der Waals surface area contributed by atoms with E-state index in [-0.39, 0.29) is 23.5 Å². The molecule has 136 valence electrons. The Hall–Kier alpha value is -1.43. The highest BCUT2D eigenvalue weighted by molar-refractivity contribution is 5.94. The van der Waals surface area contributed by atoms with E-state index in [0.29, 0.717) is 0 Å². The first-order chi connectivity index (χ1) is 12.1. The average molecular weight is 344 g/mol. The smallest absolute Gasteiger partial charge is 0.253 e. The first kappa shape index (κ1) is 17.0. The van der Waals surface area contributed by atoms with E-state index >= 15 is 0 Å². The second-order valence-electron chi connectivity index (χ2n) is 8.00. The van der Waals surface area contributed by atoms with Gasteiger partial charge in [0.2, 0.25) is 0 Å². The number of piperidine rings is 1. The lowest BCUT2D eigenvalue weighted by atomic mass is 9.76. The molecule has 1 spiro atoms. The van der Waals surface area contributed by atoms with Crippen molar-refractivity contribution < 1.29 is 14.6 Å². The Morgan fingerprint density at radius 2 is 1.96 bits per heavy atom. The molecule has 3 aliphatic heterocycles. The summed E-state index contributed by atoms with van der Waals surface area (Å²) in [6, 6.07) is 9.57. The Kier molecular flexibility index (Phi) is 4.80. The van der Waals surface area contributed by atoms with Crippen molar-refractivity contribution >= 4 is 5.91 Å². The van der Waals surface area contributed by atoms with E-state index in [1.807, 2.05) is 35.2 Å². The average Bonchev–Trinajstić information content (AvgIpc) is 3.22. The van der Waals surface area contributed by atoms with Crippen molar-refractivity contribution in [3.63, 3.8) is 0 Å². The number of carbonyl (C=O) groups is 1. The lowest BCUT2D eigenvalue weighted by Gasteiger charge is -2.38. The molecule has 0 unspecified atom stereocenters. The standard InChI is InChI=1S/C20H28N2O3/c23-17-6-9-21(13-17)14-18-12-20(15-25-18)7-10-22(11-8-20)19(24)16-4-2-1-3-5-16/h1-5,17-18,23H,6-15H2/t17-,18-/m1/s1. The van der Waals surface area contributed by atoms with Crippen molar-refractivity contribution in [3.05, 3.63) is 35.9 Å². The van der Waals surface area contributed by atoms with E-state index in [1.165, 1.54) is 0 Å². The van der Waals surface area contributed by atoms with E-state index in [0.717, 1.165) is 70.6 Å². The maximum absolute atomic E-state index is 12.6. The molecule has 4 rings (SSSR count). The molecule has 3 fully saturated rings. The monoisotopic (exact) mass is 344 g/mol. The molecular weight excluding hydrogens is 316 g/mol. The summed E-state index contributed by atoms with van der Waals surface area (Å²) in [5, 5.41) is 9.67. The van der Waals surface area contributed by atoms with Gasteiger partial charge in [-0.1, -0.05) is 18.2 Å². The van der Waals surface area contributed by atoms with Crippen LogP contribution in [0.25, 0.3) is 0 Å². The van der Waals surface area contributed by atoms with Crippen LogP contribution in [0.4, 0.5) is 0 Å². The molecule has 0 radical (unpaired) electrons. The third kappa shape index (κ3) is 3.73. The molecule has 0 saturated carbocycles. The van der Waals surface area contributed by atoms with Gasteiger partial charge in [0.15, 0.2) is 0 Å². The number of nitrogens with zero attached hydrogens (tertiary/aromatic N) is 2. The minimum atomic E-state index is -0.164. The van der Waals surface area contributed by atoms with Crippen LogP contribution in [-0.2, 0) is 4.74 Å². The van der Waals surface area contributed by atoms with Gasteiger partial charge >= 0.3 is 0 Å². The molecule has 3 heterocycles. The topological polar surface area (TPSA) is 53.0 Å². The molecule has 1 amide bonds. The molecule has 5 heteroatoms. The summed E-state index contributed by atoms with van der Waals surface area (Å²) < 4.78 is 6.10. The van der Waals surface area contributed by atoms with E-state index in [9.17, 15) is 9.90 Å². The van der Waals surface area contributed by atoms with Crippen molar-refractivity contribution in [3.8, 4) is 0 Å². The molecule has 5 nitrogen and oxygen atoms in total. The SMILES string of the molecule is O=C(c1ccccc1)N1CCC2(CC1)CO[C@@H](CN1CC[C@@H](O)C1)C2. The number of amides is 1. The van der Waals surface area contributed by atoms with Crippen molar-refractivity contribution in [1.29, 1.82) is 0 Å². The molecule has 1 aromatic rings. The highest BCUT2D eigenvalue weighted by atomic mass is 16.5. The summed E-state index contributed by atoms with van der Waals surface area (Å²) in [5.74, 6) is 0.150. The minimum Gasteiger partial charge on any atom is -0.392 e. The normalized spacial score (nSPS) is 29.4. The largest absolute Gasteiger partial charge is 0.392 e.